The van der Waals surface area contributed by atoms with Crippen molar-refractivity contribution in [3.8, 4) is 5.75 Å². The van der Waals surface area contributed by atoms with E-state index in [9.17, 15) is 18.0 Å². The van der Waals surface area contributed by atoms with E-state index in [4.69, 9.17) is 4.74 Å². The fourth-order valence-electron chi connectivity index (χ4n) is 3.24. The molecule has 0 aromatic heterocycles. The van der Waals surface area contributed by atoms with Gasteiger partial charge in [0.1, 0.15) is 12.4 Å². The van der Waals surface area contributed by atoms with Crippen LogP contribution in [0.2, 0.25) is 0 Å². The van der Waals surface area contributed by atoms with E-state index >= 15 is 0 Å². The third-order valence-corrected chi connectivity index (χ3v) is 6.70. The number of carbonyl (C=O) groups is 2. The van der Waals surface area contributed by atoms with E-state index < -0.39 is 21.2 Å². The number of amides is 2. The molecule has 0 radical (unpaired) electrons. The van der Waals surface area contributed by atoms with E-state index in [0.29, 0.717) is 23.7 Å². The molecule has 1 aliphatic rings. The van der Waals surface area contributed by atoms with Crippen molar-refractivity contribution in [1.82, 2.24) is 0 Å². The Hall–Kier alpha value is -2.87. The summed E-state index contributed by atoms with van der Waals surface area (Å²) in [6, 6.07) is 13.1. The number of carbonyl (C=O) groups excluding carboxylic acids is 2. The largest absolute Gasteiger partial charge is 0.490 e. The maximum absolute atomic E-state index is 12.7. The van der Waals surface area contributed by atoms with Crippen molar-refractivity contribution in [2.45, 2.75) is 32.1 Å². The van der Waals surface area contributed by atoms with Crippen molar-refractivity contribution in [2.24, 2.45) is 5.41 Å². The van der Waals surface area contributed by atoms with Gasteiger partial charge in [0.05, 0.1) is 21.8 Å². The second-order valence-electron chi connectivity index (χ2n) is 7.83. The molecule has 0 aliphatic carbocycles. The second kappa shape index (κ2) is 8.47. The first kappa shape index (κ1) is 21.8. The lowest BCUT2D eigenvalue weighted by Gasteiger charge is -2.26. The summed E-state index contributed by atoms with van der Waals surface area (Å²) in [6.45, 7) is 6.29. The van der Waals surface area contributed by atoms with Gasteiger partial charge in [-0.25, -0.2) is 8.42 Å². The molecule has 0 saturated carbocycles. The van der Waals surface area contributed by atoms with Gasteiger partial charge in [-0.15, -0.1) is 0 Å². The molecule has 1 N–H and O–H groups in total. The molecule has 30 heavy (non-hydrogen) atoms. The third-order valence-electron chi connectivity index (χ3n) is 4.96. The monoisotopic (exact) mass is 430 g/mol. The molecule has 2 aromatic carbocycles. The SMILES string of the molecule is CCN1C(=O)C(C)(C)COc2cc(NC(=O)CCS(=O)(=O)c3ccccc3)ccc21. The summed E-state index contributed by atoms with van der Waals surface area (Å²) in [5.74, 6) is -0.208. The zero-order valence-electron chi connectivity index (χ0n) is 17.3. The minimum Gasteiger partial charge on any atom is -0.490 e. The molecule has 3 rings (SSSR count). The first-order chi connectivity index (χ1) is 14.1. The average molecular weight is 431 g/mol. The van der Waals surface area contributed by atoms with Gasteiger partial charge in [-0.05, 0) is 45.0 Å². The van der Waals surface area contributed by atoms with Crippen LogP contribution in [0, 0.1) is 5.41 Å². The number of ether oxygens (including phenoxy) is 1. The molecule has 1 aliphatic heterocycles. The Kier molecular flexibility index (Phi) is 6.17. The first-order valence-electron chi connectivity index (χ1n) is 9.80. The maximum Gasteiger partial charge on any atom is 0.236 e. The fraction of sp³-hybridized carbons (Fsp3) is 0.364. The highest BCUT2D eigenvalue weighted by Gasteiger charge is 2.37. The third kappa shape index (κ3) is 4.64. The van der Waals surface area contributed by atoms with Crippen molar-refractivity contribution >= 4 is 33.0 Å². The summed E-state index contributed by atoms with van der Waals surface area (Å²) in [6.07, 6.45) is -0.165. The van der Waals surface area contributed by atoms with Crippen molar-refractivity contribution in [3.63, 3.8) is 0 Å². The Morgan fingerprint density at radius 3 is 2.53 bits per heavy atom. The summed E-state index contributed by atoms with van der Waals surface area (Å²) >= 11 is 0. The quantitative estimate of drug-likeness (QED) is 0.759. The fourth-order valence-corrected chi connectivity index (χ4v) is 4.50. The number of benzene rings is 2. The van der Waals surface area contributed by atoms with Crippen molar-refractivity contribution in [3.05, 3.63) is 48.5 Å². The Labute approximate surface area is 177 Å². The standard InChI is InChI=1S/C22H26N2O5S/c1-4-24-18-11-10-16(14-19(18)29-15-22(2,3)21(24)26)23-20(25)12-13-30(27,28)17-8-6-5-7-9-17/h5-11,14H,4,12-13,15H2,1-3H3,(H,23,25). The number of fused-ring (bicyclic) bond motifs is 1. The van der Waals surface area contributed by atoms with E-state index in [-0.39, 0.29) is 29.6 Å². The first-order valence-corrected chi connectivity index (χ1v) is 11.5. The molecular formula is C22H26N2O5S. The normalized spacial score (nSPS) is 15.7. The van der Waals surface area contributed by atoms with Gasteiger partial charge in [-0.3, -0.25) is 9.59 Å². The van der Waals surface area contributed by atoms with Crippen LogP contribution in [0.5, 0.6) is 5.75 Å². The summed E-state index contributed by atoms with van der Waals surface area (Å²) in [7, 11) is -3.53. The lowest BCUT2D eigenvalue weighted by molar-refractivity contribution is -0.127. The number of sulfone groups is 1. The number of rotatable bonds is 6. The van der Waals surface area contributed by atoms with Crippen LogP contribution in [0.3, 0.4) is 0 Å². The highest BCUT2D eigenvalue weighted by atomic mass is 32.2. The molecule has 0 fully saturated rings. The van der Waals surface area contributed by atoms with Crippen molar-refractivity contribution < 1.29 is 22.7 Å². The second-order valence-corrected chi connectivity index (χ2v) is 9.94. The average Bonchev–Trinajstić information content (AvgIpc) is 2.82. The van der Waals surface area contributed by atoms with Crippen LogP contribution >= 0.6 is 0 Å². The van der Waals surface area contributed by atoms with Crippen LogP contribution in [0.4, 0.5) is 11.4 Å². The molecule has 2 aromatic rings. The Balaban J connectivity index is 1.71. The Morgan fingerprint density at radius 1 is 1.17 bits per heavy atom. The van der Waals surface area contributed by atoms with Gasteiger partial charge in [-0.1, -0.05) is 18.2 Å². The smallest absolute Gasteiger partial charge is 0.236 e. The maximum atomic E-state index is 12.7. The van der Waals surface area contributed by atoms with Gasteiger partial charge in [0.15, 0.2) is 9.84 Å². The highest BCUT2D eigenvalue weighted by molar-refractivity contribution is 7.91. The summed E-state index contributed by atoms with van der Waals surface area (Å²) in [5.41, 5.74) is 0.473. The highest BCUT2D eigenvalue weighted by Crippen LogP contribution is 2.38. The molecule has 2 amide bonds. The Bertz CT molecular complexity index is 1050. The zero-order chi connectivity index (χ0) is 21.9. The number of anilines is 2. The lowest BCUT2D eigenvalue weighted by atomic mass is 9.93. The molecule has 0 unspecified atom stereocenters. The predicted molar refractivity (Wildman–Crippen MR) is 115 cm³/mol. The van der Waals surface area contributed by atoms with Crippen LogP contribution in [-0.4, -0.2) is 39.1 Å². The molecule has 0 saturated heterocycles. The van der Waals surface area contributed by atoms with Crippen LogP contribution in [0.15, 0.2) is 53.4 Å². The number of nitrogens with zero attached hydrogens (tertiary/aromatic N) is 1. The topological polar surface area (TPSA) is 92.8 Å². The molecule has 1 heterocycles. The minimum atomic E-state index is -3.53. The van der Waals surface area contributed by atoms with E-state index in [0.717, 1.165) is 0 Å². The molecular weight excluding hydrogens is 404 g/mol. The molecule has 160 valence electrons. The molecule has 8 heteroatoms. The number of nitrogens with one attached hydrogen (secondary N) is 1. The number of hydrogen-bond donors (Lipinski definition) is 1. The summed E-state index contributed by atoms with van der Waals surface area (Å²) < 4.78 is 30.5. The van der Waals surface area contributed by atoms with E-state index in [1.54, 1.807) is 41.3 Å². The van der Waals surface area contributed by atoms with E-state index in [2.05, 4.69) is 5.32 Å². The van der Waals surface area contributed by atoms with E-state index in [1.807, 2.05) is 20.8 Å². The van der Waals surface area contributed by atoms with Gasteiger partial charge in [0.25, 0.3) is 0 Å². The molecule has 0 spiro atoms. The van der Waals surface area contributed by atoms with Crippen LogP contribution < -0.4 is 15.0 Å². The number of hydrogen-bond acceptors (Lipinski definition) is 5. The minimum absolute atomic E-state index is 0.0216. The van der Waals surface area contributed by atoms with Gasteiger partial charge < -0.3 is 15.0 Å². The zero-order valence-corrected chi connectivity index (χ0v) is 18.2. The predicted octanol–water partition coefficient (Wildman–Crippen LogP) is 3.26. The van der Waals surface area contributed by atoms with E-state index in [1.165, 1.54) is 12.1 Å². The van der Waals surface area contributed by atoms with Crippen LogP contribution in [0.1, 0.15) is 27.2 Å². The summed E-state index contributed by atoms with van der Waals surface area (Å²) in [5, 5.41) is 2.71. The Morgan fingerprint density at radius 2 is 1.87 bits per heavy atom. The van der Waals surface area contributed by atoms with Crippen LogP contribution in [0.25, 0.3) is 0 Å². The van der Waals surface area contributed by atoms with Gasteiger partial charge in [-0.2, -0.15) is 0 Å². The van der Waals surface area contributed by atoms with Gasteiger partial charge in [0, 0.05) is 24.7 Å². The molecule has 0 atom stereocenters. The van der Waals surface area contributed by atoms with Crippen LogP contribution in [-0.2, 0) is 19.4 Å². The molecule has 0 bridgehead atoms. The van der Waals surface area contributed by atoms with Crippen molar-refractivity contribution in [2.75, 3.05) is 29.1 Å². The van der Waals surface area contributed by atoms with Crippen molar-refractivity contribution in [1.29, 1.82) is 0 Å². The van der Waals surface area contributed by atoms with Gasteiger partial charge >= 0.3 is 0 Å². The van der Waals surface area contributed by atoms with Gasteiger partial charge in [0.2, 0.25) is 11.8 Å². The lowest BCUT2D eigenvalue weighted by Crippen LogP contribution is -2.42. The summed E-state index contributed by atoms with van der Waals surface area (Å²) in [4.78, 5) is 26.9. The molecule has 7 nitrogen and oxygen atoms in total.